The SMILES string of the molecule is CCCCCC[C](O)C(=O)O. The van der Waals surface area contributed by atoms with Crippen LogP contribution in [0.2, 0.25) is 0 Å². The van der Waals surface area contributed by atoms with Crippen LogP contribution in [-0.4, -0.2) is 16.2 Å². The summed E-state index contributed by atoms with van der Waals surface area (Å²) >= 11 is 0. The van der Waals surface area contributed by atoms with E-state index in [2.05, 4.69) is 6.92 Å². The molecule has 0 heterocycles. The van der Waals surface area contributed by atoms with Gasteiger partial charge in [-0.1, -0.05) is 26.2 Å². The van der Waals surface area contributed by atoms with Gasteiger partial charge in [0.2, 0.25) is 6.10 Å². The Labute approximate surface area is 67.0 Å². The Kier molecular flexibility index (Phi) is 5.84. The summed E-state index contributed by atoms with van der Waals surface area (Å²) in [6.45, 7) is 2.08. The predicted molar refractivity (Wildman–Crippen MR) is 41.6 cm³/mol. The molecule has 1 radical (unpaired) electrons. The summed E-state index contributed by atoms with van der Waals surface area (Å²) in [6, 6.07) is 0. The van der Waals surface area contributed by atoms with Crippen LogP contribution in [0.15, 0.2) is 0 Å². The number of carboxylic acids is 1. The fraction of sp³-hybridized carbons (Fsp3) is 0.750. The van der Waals surface area contributed by atoms with Gasteiger partial charge in [-0.25, -0.2) is 4.79 Å². The van der Waals surface area contributed by atoms with Gasteiger partial charge in [0.1, 0.15) is 0 Å². The maximum absolute atomic E-state index is 10.1. The third-order valence-corrected chi connectivity index (χ3v) is 1.51. The monoisotopic (exact) mass is 159 g/mol. The zero-order chi connectivity index (χ0) is 8.69. The molecule has 65 valence electrons. The molecule has 0 aromatic heterocycles. The van der Waals surface area contributed by atoms with E-state index >= 15 is 0 Å². The lowest BCUT2D eigenvalue weighted by Crippen LogP contribution is -2.09. The van der Waals surface area contributed by atoms with Crippen molar-refractivity contribution in [3.8, 4) is 0 Å². The fourth-order valence-corrected chi connectivity index (χ4v) is 0.826. The predicted octanol–water partition coefficient (Wildman–Crippen LogP) is 1.95. The first-order chi connectivity index (χ1) is 5.18. The minimum Gasteiger partial charge on any atom is -0.479 e. The van der Waals surface area contributed by atoms with Crippen LogP contribution in [0.25, 0.3) is 0 Å². The van der Waals surface area contributed by atoms with Crippen molar-refractivity contribution in [3.63, 3.8) is 0 Å². The molecule has 3 heteroatoms. The van der Waals surface area contributed by atoms with E-state index in [0.29, 0.717) is 6.42 Å². The van der Waals surface area contributed by atoms with Gasteiger partial charge in [-0.15, -0.1) is 0 Å². The molecule has 0 aliphatic carbocycles. The molecule has 0 amide bonds. The van der Waals surface area contributed by atoms with Crippen molar-refractivity contribution in [3.05, 3.63) is 6.10 Å². The highest BCUT2D eigenvalue weighted by molar-refractivity contribution is 5.79. The lowest BCUT2D eigenvalue weighted by Gasteiger charge is -2.01. The fourth-order valence-electron chi connectivity index (χ4n) is 0.826. The normalized spacial score (nSPS) is 10.5. The average Bonchev–Trinajstić information content (AvgIpc) is 1.97. The highest BCUT2D eigenvalue weighted by Gasteiger charge is 2.13. The summed E-state index contributed by atoms with van der Waals surface area (Å²) in [5, 5.41) is 17.0. The maximum atomic E-state index is 10.1. The molecule has 2 N–H and O–H groups in total. The van der Waals surface area contributed by atoms with Crippen LogP contribution in [0, 0.1) is 6.10 Å². The second kappa shape index (κ2) is 6.16. The van der Waals surface area contributed by atoms with Gasteiger partial charge >= 0.3 is 5.97 Å². The van der Waals surface area contributed by atoms with Gasteiger partial charge in [0.15, 0.2) is 0 Å². The molecule has 11 heavy (non-hydrogen) atoms. The Morgan fingerprint density at radius 3 is 2.27 bits per heavy atom. The van der Waals surface area contributed by atoms with Crippen molar-refractivity contribution in [2.24, 2.45) is 0 Å². The first-order valence-electron chi connectivity index (χ1n) is 3.96. The molecule has 0 unspecified atom stereocenters. The summed E-state index contributed by atoms with van der Waals surface area (Å²) in [4.78, 5) is 10.1. The molecule has 3 nitrogen and oxygen atoms in total. The first kappa shape index (κ1) is 10.4. The summed E-state index contributed by atoms with van der Waals surface area (Å²) in [6.07, 6.45) is 3.87. The van der Waals surface area contributed by atoms with E-state index in [1.807, 2.05) is 0 Å². The highest BCUT2D eigenvalue weighted by atomic mass is 16.4. The Balaban J connectivity index is 3.17. The molecule has 0 spiro atoms. The number of aliphatic hydroxyl groups is 1. The lowest BCUT2D eigenvalue weighted by molar-refractivity contribution is -0.139. The number of unbranched alkanes of at least 4 members (excludes halogenated alkanes) is 3. The van der Waals surface area contributed by atoms with E-state index in [-0.39, 0.29) is 0 Å². The van der Waals surface area contributed by atoms with Crippen LogP contribution in [0.4, 0.5) is 0 Å². The van der Waals surface area contributed by atoms with Gasteiger partial charge in [-0.05, 0) is 12.8 Å². The van der Waals surface area contributed by atoms with Gasteiger partial charge in [-0.3, -0.25) is 0 Å². The quantitative estimate of drug-likeness (QED) is 0.582. The molecule has 0 bridgehead atoms. The highest BCUT2D eigenvalue weighted by Crippen LogP contribution is 2.09. The van der Waals surface area contributed by atoms with Crippen molar-refractivity contribution in [1.82, 2.24) is 0 Å². The van der Waals surface area contributed by atoms with Gasteiger partial charge < -0.3 is 10.2 Å². The van der Waals surface area contributed by atoms with Crippen LogP contribution in [0.1, 0.15) is 39.0 Å². The zero-order valence-corrected chi connectivity index (χ0v) is 6.84. The number of rotatable bonds is 6. The zero-order valence-electron chi connectivity index (χ0n) is 6.84. The summed E-state index contributed by atoms with van der Waals surface area (Å²) in [5.41, 5.74) is 0. The number of hydrogen-bond donors (Lipinski definition) is 2. The van der Waals surface area contributed by atoms with E-state index in [9.17, 15) is 4.79 Å². The van der Waals surface area contributed by atoms with Crippen LogP contribution in [-0.2, 0) is 4.79 Å². The lowest BCUT2D eigenvalue weighted by atomic mass is 10.1. The first-order valence-corrected chi connectivity index (χ1v) is 3.96. The molecule has 0 aliphatic heterocycles. The third-order valence-electron chi connectivity index (χ3n) is 1.51. The van der Waals surface area contributed by atoms with Gasteiger partial charge in [0, 0.05) is 0 Å². The number of aliphatic carboxylic acids is 1. The van der Waals surface area contributed by atoms with E-state index in [4.69, 9.17) is 10.2 Å². The number of hydrogen-bond acceptors (Lipinski definition) is 2. The molecule has 0 aliphatic rings. The van der Waals surface area contributed by atoms with Crippen LogP contribution in [0.5, 0.6) is 0 Å². The van der Waals surface area contributed by atoms with E-state index in [1.54, 1.807) is 0 Å². The standard InChI is InChI=1S/C8H15O3/c1-2-3-4-5-6-7(9)8(10)11/h9H,2-6H2,1H3,(H,10,11). The van der Waals surface area contributed by atoms with Crippen molar-refractivity contribution in [2.75, 3.05) is 0 Å². The number of carbonyl (C=O) groups is 1. The Bertz CT molecular complexity index is 112. The molecular weight excluding hydrogens is 144 g/mol. The maximum Gasteiger partial charge on any atom is 0.339 e. The summed E-state index contributed by atoms with van der Waals surface area (Å²) in [7, 11) is 0. The van der Waals surface area contributed by atoms with E-state index in [1.165, 1.54) is 0 Å². The Morgan fingerprint density at radius 1 is 1.18 bits per heavy atom. The molecule has 0 fully saturated rings. The van der Waals surface area contributed by atoms with Crippen molar-refractivity contribution in [2.45, 2.75) is 39.0 Å². The Morgan fingerprint density at radius 2 is 1.82 bits per heavy atom. The number of carboxylic acid groups (broad SMARTS) is 1. The van der Waals surface area contributed by atoms with Crippen LogP contribution >= 0.6 is 0 Å². The minimum absolute atomic E-state index is 0.301. The van der Waals surface area contributed by atoms with Crippen molar-refractivity contribution >= 4 is 5.97 Å². The molecule has 0 atom stereocenters. The van der Waals surface area contributed by atoms with Crippen LogP contribution < -0.4 is 0 Å². The molecule has 0 aromatic rings. The molecule has 0 rings (SSSR count). The van der Waals surface area contributed by atoms with Gasteiger partial charge in [-0.2, -0.15) is 0 Å². The van der Waals surface area contributed by atoms with E-state index in [0.717, 1.165) is 25.7 Å². The molecule has 0 aromatic carbocycles. The summed E-state index contributed by atoms with van der Waals surface area (Å²) in [5.74, 6) is -1.19. The summed E-state index contributed by atoms with van der Waals surface area (Å²) < 4.78 is 0. The molecule has 0 saturated heterocycles. The Hall–Kier alpha value is -0.570. The smallest absolute Gasteiger partial charge is 0.339 e. The third kappa shape index (κ3) is 5.85. The average molecular weight is 159 g/mol. The van der Waals surface area contributed by atoms with Crippen molar-refractivity contribution in [1.29, 1.82) is 0 Å². The van der Waals surface area contributed by atoms with Gasteiger partial charge in [0.05, 0.1) is 0 Å². The molecular formula is C8H15O3. The van der Waals surface area contributed by atoms with Crippen LogP contribution in [0.3, 0.4) is 0 Å². The second-order valence-corrected chi connectivity index (χ2v) is 2.56. The van der Waals surface area contributed by atoms with Crippen molar-refractivity contribution < 1.29 is 15.0 Å². The van der Waals surface area contributed by atoms with Gasteiger partial charge in [0.25, 0.3) is 0 Å². The second-order valence-electron chi connectivity index (χ2n) is 2.56. The molecule has 0 saturated carbocycles. The largest absolute Gasteiger partial charge is 0.479 e. The van der Waals surface area contributed by atoms with E-state index < -0.39 is 12.1 Å². The topological polar surface area (TPSA) is 57.5 Å². The minimum atomic E-state index is -1.19. The number of aliphatic hydroxyl groups excluding tert-OH is 1.